The molecule has 274 valence electrons. The maximum atomic E-state index is 2.35. The van der Waals surface area contributed by atoms with Gasteiger partial charge in [-0.25, -0.2) is 0 Å². The van der Waals surface area contributed by atoms with Crippen molar-refractivity contribution in [3.05, 3.63) is 0 Å². The van der Waals surface area contributed by atoms with Gasteiger partial charge in [-0.05, 0) is 0 Å². The van der Waals surface area contributed by atoms with E-state index in [-0.39, 0.29) is 0 Å². The number of rotatable bonds is 40. The Kier molecular flexibility index (Phi) is 39.2. The average molecular weight is 653 g/mol. The molecule has 0 bridgehead atoms. The van der Waals surface area contributed by atoms with Gasteiger partial charge in [0.25, 0.3) is 0 Å². The molecule has 0 aromatic rings. The molecule has 0 aliphatic heterocycles. The third kappa shape index (κ3) is 34.1. The molecule has 0 N–H and O–H groups in total. The molecule has 0 heterocycles. The summed E-state index contributed by atoms with van der Waals surface area (Å²) in [6, 6.07) is 0. The van der Waals surface area contributed by atoms with Crippen molar-refractivity contribution < 1.29 is 0 Å². The van der Waals surface area contributed by atoms with Crippen LogP contribution < -0.4 is 0 Å². The van der Waals surface area contributed by atoms with E-state index in [0.29, 0.717) is 0 Å². The Bertz CT molecular complexity index is 468. The molecule has 0 aromatic carbocycles. The number of hydrogen-bond donors (Lipinski definition) is 0. The van der Waals surface area contributed by atoms with Gasteiger partial charge in [-0.2, -0.15) is 0 Å². The van der Waals surface area contributed by atoms with Crippen molar-refractivity contribution in [3.8, 4) is 0 Å². The molecular weight excluding hydrogens is 559 g/mol. The van der Waals surface area contributed by atoms with Crippen LogP contribution in [0.2, 0.25) is 0 Å². The minimum atomic E-state index is -1.13. The van der Waals surface area contributed by atoms with Gasteiger partial charge in [0.1, 0.15) is 0 Å². The molecule has 0 rings (SSSR count). The normalized spacial score (nSPS) is 12.4. The quantitative estimate of drug-likeness (QED) is 0.0456. The third-order valence-corrected chi connectivity index (χ3v) is 16.9. The van der Waals surface area contributed by atoms with E-state index in [1.54, 1.807) is 50.3 Å². The van der Waals surface area contributed by atoms with Crippen molar-refractivity contribution in [1.29, 1.82) is 0 Å². The molecule has 0 unspecified atom stereocenters. The van der Waals surface area contributed by atoms with E-state index < -0.39 is 7.26 Å². The summed E-state index contributed by atoms with van der Waals surface area (Å²) >= 11 is 0. The fourth-order valence-electron chi connectivity index (χ4n) is 7.99. The summed E-state index contributed by atoms with van der Waals surface area (Å²) in [6.07, 6.45) is 60.4. The summed E-state index contributed by atoms with van der Waals surface area (Å²) in [4.78, 5) is 0. The first-order valence-electron chi connectivity index (χ1n) is 22.2. The third-order valence-electron chi connectivity index (χ3n) is 11.2. The Hall–Kier alpha value is 0.430. The van der Waals surface area contributed by atoms with Crippen molar-refractivity contribution in [2.75, 3.05) is 24.6 Å². The van der Waals surface area contributed by atoms with Crippen LogP contribution in [-0.2, 0) is 0 Å². The zero-order valence-electron chi connectivity index (χ0n) is 32.8. The zero-order valence-corrected chi connectivity index (χ0v) is 33.8. The predicted octanol–water partition coefficient (Wildman–Crippen LogP) is 16.9. The van der Waals surface area contributed by atoms with E-state index >= 15 is 0 Å². The van der Waals surface area contributed by atoms with Crippen LogP contribution in [0.3, 0.4) is 0 Å². The molecule has 0 spiro atoms. The molecule has 0 atom stereocenters. The molecule has 0 fully saturated rings. The first-order valence-corrected chi connectivity index (χ1v) is 25.1. The Morgan fingerprint density at radius 3 is 0.467 bits per heavy atom. The second-order valence-corrected chi connectivity index (χ2v) is 20.8. The van der Waals surface area contributed by atoms with Gasteiger partial charge in [-0.3, -0.25) is 0 Å². The van der Waals surface area contributed by atoms with Gasteiger partial charge in [0, 0.05) is 0 Å². The summed E-state index contributed by atoms with van der Waals surface area (Å²) < 4.78 is 0. The molecule has 0 nitrogen and oxygen atoms in total. The number of unbranched alkanes of at least 4 members (excludes halogenated alkanes) is 32. The van der Waals surface area contributed by atoms with Crippen LogP contribution in [-0.4, -0.2) is 24.6 Å². The molecule has 0 aliphatic rings. The second-order valence-electron chi connectivity index (χ2n) is 15.8. The van der Waals surface area contributed by atoms with E-state index in [0.717, 1.165) is 0 Å². The van der Waals surface area contributed by atoms with Gasteiger partial charge in [0.05, 0.1) is 0 Å². The van der Waals surface area contributed by atoms with Gasteiger partial charge >= 0.3 is 258 Å². The molecule has 1 heteroatoms. The van der Waals surface area contributed by atoms with Crippen LogP contribution in [0, 0.1) is 0 Å². The van der Waals surface area contributed by atoms with Crippen LogP contribution in [0.15, 0.2) is 0 Å². The van der Waals surface area contributed by atoms with Crippen LogP contribution >= 0.6 is 7.26 Å². The average Bonchev–Trinajstić information content (AvgIpc) is 3.05. The molecule has 0 amide bonds. The van der Waals surface area contributed by atoms with E-state index in [2.05, 4.69) is 27.7 Å². The molecule has 0 radical (unpaired) electrons. The fraction of sp³-hybridized carbons (Fsp3) is 1.00. The molecule has 0 aromatic heterocycles. The van der Waals surface area contributed by atoms with E-state index in [1.807, 2.05) is 0 Å². The zero-order chi connectivity index (χ0) is 32.8. The van der Waals surface area contributed by atoms with Crippen molar-refractivity contribution in [2.24, 2.45) is 0 Å². The van der Waals surface area contributed by atoms with Crippen molar-refractivity contribution in [3.63, 3.8) is 0 Å². The fourth-order valence-corrected chi connectivity index (χ4v) is 13.5. The summed E-state index contributed by atoms with van der Waals surface area (Å²) in [7, 11) is -1.13. The predicted molar refractivity (Wildman–Crippen MR) is 217 cm³/mol. The Morgan fingerprint density at radius 1 is 0.178 bits per heavy atom. The van der Waals surface area contributed by atoms with Crippen molar-refractivity contribution in [1.82, 2.24) is 0 Å². The molecule has 0 aliphatic carbocycles. The first kappa shape index (κ1) is 45.4. The van der Waals surface area contributed by atoms with Crippen LogP contribution in [0.25, 0.3) is 0 Å². The Balaban J connectivity index is 4.60. The van der Waals surface area contributed by atoms with Crippen molar-refractivity contribution in [2.45, 2.75) is 259 Å². The topological polar surface area (TPSA) is 0 Å². The Labute approximate surface area is 290 Å². The van der Waals surface area contributed by atoms with Crippen LogP contribution in [0.5, 0.6) is 0 Å². The SMILES string of the molecule is CCCCCCCCCCCCCCCCC[PH](CCCCCCCCC)(CCCCCCCCC)CCCCCCCCC. The standard InChI is InChI=1S/C44H93P/c1-5-9-13-17-21-22-23-24-25-26-27-28-32-36-40-44-45(41-37-33-29-18-14-10-6-2,42-38-34-30-19-15-11-7-3)43-39-35-31-20-16-12-8-4/h45H,5-44H2,1-4H3. The van der Waals surface area contributed by atoms with E-state index in [9.17, 15) is 0 Å². The van der Waals surface area contributed by atoms with Crippen LogP contribution in [0.1, 0.15) is 259 Å². The monoisotopic (exact) mass is 653 g/mol. The van der Waals surface area contributed by atoms with Gasteiger partial charge < -0.3 is 0 Å². The van der Waals surface area contributed by atoms with Gasteiger partial charge in [0.15, 0.2) is 0 Å². The van der Waals surface area contributed by atoms with E-state index in [1.165, 1.54) is 205 Å². The first-order chi connectivity index (χ1) is 22.2. The van der Waals surface area contributed by atoms with Gasteiger partial charge in [0.2, 0.25) is 0 Å². The molecule has 45 heavy (non-hydrogen) atoms. The number of hydrogen-bond acceptors (Lipinski definition) is 0. The van der Waals surface area contributed by atoms with Gasteiger partial charge in [-0.1, -0.05) is 32.6 Å². The molecule has 0 saturated carbocycles. The summed E-state index contributed by atoms with van der Waals surface area (Å²) in [5, 5.41) is 0. The van der Waals surface area contributed by atoms with Crippen LogP contribution in [0.4, 0.5) is 0 Å². The second kappa shape index (κ2) is 38.9. The summed E-state index contributed by atoms with van der Waals surface area (Å²) in [6.45, 7) is 9.38. The summed E-state index contributed by atoms with van der Waals surface area (Å²) in [5.74, 6) is 0. The Morgan fingerprint density at radius 2 is 0.311 bits per heavy atom. The molecule has 0 saturated heterocycles. The van der Waals surface area contributed by atoms with Crippen molar-refractivity contribution >= 4 is 7.26 Å². The van der Waals surface area contributed by atoms with Gasteiger partial charge in [-0.15, -0.1) is 0 Å². The molecular formula is C44H93P. The summed E-state index contributed by atoms with van der Waals surface area (Å²) in [5.41, 5.74) is 0. The minimum absolute atomic E-state index is 1.13. The maximum absolute atomic E-state index is 2.35. The van der Waals surface area contributed by atoms with E-state index in [4.69, 9.17) is 0 Å².